The summed E-state index contributed by atoms with van der Waals surface area (Å²) in [6.45, 7) is -0.598. The van der Waals surface area contributed by atoms with Crippen molar-refractivity contribution in [3.63, 3.8) is 0 Å². The SMILES string of the molecule is O=C(COC(=O)CCC(=O)c1ccc(F)cc1)Nc1ccc(Br)cc1F. The molecule has 5 nitrogen and oxygen atoms in total. The van der Waals surface area contributed by atoms with E-state index in [0.29, 0.717) is 4.47 Å². The topological polar surface area (TPSA) is 72.5 Å². The van der Waals surface area contributed by atoms with Gasteiger partial charge >= 0.3 is 5.97 Å². The molecule has 0 fully saturated rings. The summed E-state index contributed by atoms with van der Waals surface area (Å²) in [5, 5.41) is 2.27. The van der Waals surface area contributed by atoms with Gasteiger partial charge in [0.15, 0.2) is 12.4 Å². The molecule has 0 bridgehead atoms. The van der Waals surface area contributed by atoms with Gasteiger partial charge < -0.3 is 10.1 Å². The van der Waals surface area contributed by atoms with E-state index in [9.17, 15) is 23.2 Å². The fourth-order valence-corrected chi connectivity index (χ4v) is 2.32. The molecule has 26 heavy (non-hydrogen) atoms. The Morgan fingerprint density at radius 2 is 1.69 bits per heavy atom. The average Bonchev–Trinajstić information content (AvgIpc) is 2.61. The lowest BCUT2D eigenvalue weighted by atomic mass is 10.1. The van der Waals surface area contributed by atoms with E-state index in [1.165, 1.54) is 24.3 Å². The minimum Gasteiger partial charge on any atom is -0.456 e. The molecule has 2 aromatic carbocycles. The van der Waals surface area contributed by atoms with Gasteiger partial charge in [0.25, 0.3) is 5.91 Å². The zero-order valence-electron chi connectivity index (χ0n) is 13.4. The molecule has 8 heteroatoms. The highest BCUT2D eigenvalue weighted by atomic mass is 79.9. The van der Waals surface area contributed by atoms with Gasteiger partial charge in [-0.2, -0.15) is 0 Å². The quantitative estimate of drug-likeness (QED) is 0.539. The molecule has 0 heterocycles. The Hall–Kier alpha value is -2.61. The summed E-state index contributed by atoms with van der Waals surface area (Å²) in [4.78, 5) is 35.1. The van der Waals surface area contributed by atoms with Crippen LogP contribution in [0.4, 0.5) is 14.5 Å². The van der Waals surface area contributed by atoms with Gasteiger partial charge in [-0.1, -0.05) is 15.9 Å². The molecule has 0 unspecified atom stereocenters. The Balaban J connectivity index is 1.74. The van der Waals surface area contributed by atoms with Crippen LogP contribution >= 0.6 is 15.9 Å². The molecule has 0 aliphatic carbocycles. The fraction of sp³-hybridized carbons (Fsp3) is 0.167. The molecule has 0 atom stereocenters. The number of nitrogens with one attached hydrogen (secondary N) is 1. The van der Waals surface area contributed by atoms with Crippen LogP contribution in [0.15, 0.2) is 46.9 Å². The van der Waals surface area contributed by atoms with Gasteiger partial charge in [-0.25, -0.2) is 8.78 Å². The number of ether oxygens (including phenoxy) is 1. The van der Waals surface area contributed by atoms with E-state index in [0.717, 1.165) is 12.1 Å². The highest BCUT2D eigenvalue weighted by Crippen LogP contribution is 2.19. The second-order valence-electron chi connectivity index (χ2n) is 5.26. The Labute approximate surface area is 156 Å². The van der Waals surface area contributed by atoms with Crippen LogP contribution in [0.2, 0.25) is 0 Å². The molecule has 0 aliphatic heterocycles. The number of ketones is 1. The first-order valence-electron chi connectivity index (χ1n) is 7.54. The Kier molecular flexibility index (Phi) is 6.97. The Morgan fingerprint density at radius 3 is 2.35 bits per heavy atom. The number of hydrogen-bond donors (Lipinski definition) is 1. The van der Waals surface area contributed by atoms with Crippen LogP contribution in [0.3, 0.4) is 0 Å². The van der Waals surface area contributed by atoms with E-state index in [2.05, 4.69) is 21.2 Å². The summed E-state index contributed by atoms with van der Waals surface area (Å²) in [6, 6.07) is 9.04. The summed E-state index contributed by atoms with van der Waals surface area (Å²) in [7, 11) is 0. The van der Waals surface area contributed by atoms with Crippen LogP contribution < -0.4 is 5.32 Å². The van der Waals surface area contributed by atoms with Gasteiger partial charge in [0.2, 0.25) is 0 Å². The van der Waals surface area contributed by atoms with Crippen LogP contribution in [-0.2, 0) is 14.3 Å². The van der Waals surface area contributed by atoms with E-state index in [-0.39, 0.29) is 29.9 Å². The standard InChI is InChI=1S/C18H14BrF2NO4/c19-12-3-6-15(14(21)9-12)22-17(24)10-26-18(25)8-7-16(23)11-1-4-13(20)5-2-11/h1-6,9H,7-8,10H2,(H,22,24). The minimum absolute atomic E-state index is 0.0410. The summed E-state index contributed by atoms with van der Waals surface area (Å²) in [5.74, 6) is -2.89. The first-order chi connectivity index (χ1) is 12.3. The minimum atomic E-state index is -0.744. The van der Waals surface area contributed by atoms with Crippen molar-refractivity contribution in [3.05, 3.63) is 64.1 Å². The lowest BCUT2D eigenvalue weighted by Crippen LogP contribution is -2.21. The summed E-state index contributed by atoms with van der Waals surface area (Å²) >= 11 is 3.09. The number of anilines is 1. The van der Waals surface area contributed by atoms with Crippen molar-refractivity contribution >= 4 is 39.3 Å². The maximum absolute atomic E-state index is 13.6. The molecule has 0 saturated heterocycles. The van der Waals surface area contributed by atoms with Gasteiger partial charge in [-0.15, -0.1) is 0 Å². The maximum Gasteiger partial charge on any atom is 0.306 e. The molecule has 0 aliphatic rings. The van der Waals surface area contributed by atoms with Crippen LogP contribution in [0.25, 0.3) is 0 Å². The molecule has 2 rings (SSSR count). The fourth-order valence-electron chi connectivity index (χ4n) is 1.99. The third-order valence-corrected chi connectivity index (χ3v) is 3.79. The monoisotopic (exact) mass is 425 g/mol. The third-order valence-electron chi connectivity index (χ3n) is 3.29. The normalized spacial score (nSPS) is 10.3. The molecular formula is C18H14BrF2NO4. The Morgan fingerprint density at radius 1 is 1.00 bits per heavy atom. The zero-order chi connectivity index (χ0) is 19.1. The van der Waals surface area contributed by atoms with Gasteiger partial charge in [-0.05, 0) is 42.5 Å². The highest BCUT2D eigenvalue weighted by Gasteiger charge is 2.13. The largest absolute Gasteiger partial charge is 0.456 e. The molecule has 1 amide bonds. The van der Waals surface area contributed by atoms with Crippen molar-refractivity contribution in [2.45, 2.75) is 12.8 Å². The van der Waals surface area contributed by atoms with E-state index < -0.39 is 30.1 Å². The molecule has 2 aromatic rings. The van der Waals surface area contributed by atoms with Crippen LogP contribution in [0.5, 0.6) is 0 Å². The van der Waals surface area contributed by atoms with Gasteiger partial charge in [-0.3, -0.25) is 14.4 Å². The second-order valence-corrected chi connectivity index (χ2v) is 6.18. The number of hydrogen-bond acceptors (Lipinski definition) is 4. The third kappa shape index (κ3) is 6.03. The van der Waals surface area contributed by atoms with E-state index in [1.54, 1.807) is 6.07 Å². The average molecular weight is 426 g/mol. The summed E-state index contributed by atoms with van der Waals surface area (Å²) < 4.78 is 31.7. The summed E-state index contributed by atoms with van der Waals surface area (Å²) in [5.41, 5.74) is 0.239. The zero-order valence-corrected chi connectivity index (χ0v) is 15.0. The van der Waals surface area contributed by atoms with E-state index >= 15 is 0 Å². The lowest BCUT2D eigenvalue weighted by molar-refractivity contribution is -0.147. The van der Waals surface area contributed by atoms with Crippen molar-refractivity contribution in [1.29, 1.82) is 0 Å². The lowest BCUT2D eigenvalue weighted by Gasteiger charge is -2.07. The van der Waals surface area contributed by atoms with Gasteiger partial charge in [0.05, 0.1) is 12.1 Å². The predicted molar refractivity (Wildman–Crippen MR) is 93.7 cm³/mol. The van der Waals surface area contributed by atoms with Crippen LogP contribution in [-0.4, -0.2) is 24.3 Å². The highest BCUT2D eigenvalue weighted by molar-refractivity contribution is 9.10. The molecular weight excluding hydrogens is 412 g/mol. The number of carbonyl (C=O) groups is 3. The number of amides is 1. The molecule has 0 spiro atoms. The number of halogens is 3. The first kappa shape index (κ1) is 19.7. The number of Topliss-reactive ketones (excluding diaryl/α,β-unsaturated/α-hetero) is 1. The van der Waals surface area contributed by atoms with Crippen molar-refractivity contribution in [1.82, 2.24) is 0 Å². The second kappa shape index (κ2) is 9.19. The molecule has 0 aromatic heterocycles. The maximum atomic E-state index is 13.6. The van der Waals surface area contributed by atoms with Gasteiger partial charge in [0.1, 0.15) is 11.6 Å². The molecule has 1 N–H and O–H groups in total. The number of carbonyl (C=O) groups excluding carboxylic acids is 3. The van der Waals surface area contributed by atoms with Crippen molar-refractivity contribution in [2.75, 3.05) is 11.9 Å². The number of benzene rings is 2. The van der Waals surface area contributed by atoms with E-state index in [4.69, 9.17) is 4.74 Å². The molecule has 0 saturated carbocycles. The number of rotatable bonds is 7. The van der Waals surface area contributed by atoms with Crippen molar-refractivity contribution in [2.24, 2.45) is 0 Å². The smallest absolute Gasteiger partial charge is 0.306 e. The Bertz CT molecular complexity index is 824. The van der Waals surface area contributed by atoms with Crippen molar-refractivity contribution < 1.29 is 27.9 Å². The van der Waals surface area contributed by atoms with Crippen LogP contribution in [0, 0.1) is 11.6 Å². The first-order valence-corrected chi connectivity index (χ1v) is 8.34. The van der Waals surface area contributed by atoms with Gasteiger partial charge in [0, 0.05) is 16.5 Å². The predicted octanol–water partition coefficient (Wildman–Crippen LogP) is 3.87. The summed E-state index contributed by atoms with van der Waals surface area (Å²) in [6.07, 6.45) is -0.358. The van der Waals surface area contributed by atoms with E-state index in [1.807, 2.05) is 0 Å². The molecule has 0 radical (unpaired) electrons. The van der Waals surface area contributed by atoms with Crippen LogP contribution in [0.1, 0.15) is 23.2 Å². The number of esters is 1. The van der Waals surface area contributed by atoms with Crippen molar-refractivity contribution in [3.8, 4) is 0 Å². The molecule has 136 valence electrons.